The summed E-state index contributed by atoms with van der Waals surface area (Å²) in [5.41, 5.74) is -1.13. The van der Waals surface area contributed by atoms with Crippen molar-refractivity contribution in [2.75, 3.05) is 0 Å². The van der Waals surface area contributed by atoms with Gasteiger partial charge in [-0.25, -0.2) is 13.2 Å². The van der Waals surface area contributed by atoms with Gasteiger partial charge in [-0.2, -0.15) is 0 Å². The second-order valence-electron chi connectivity index (χ2n) is 2.22. The Bertz CT molecular complexity index is 455. The van der Waals surface area contributed by atoms with Crippen LogP contribution in [0.1, 0.15) is 0 Å². The molecule has 1 aromatic carbocycles. The molecule has 0 atom stereocenters. The summed E-state index contributed by atoms with van der Waals surface area (Å²) in [5, 5.41) is 0. The van der Waals surface area contributed by atoms with Gasteiger partial charge in [-0.05, 0) is 12.1 Å². The minimum atomic E-state index is -3.94. The van der Waals surface area contributed by atoms with Crippen molar-refractivity contribution in [1.82, 2.24) is 0 Å². The molecule has 0 saturated carbocycles. The third-order valence-electron chi connectivity index (χ3n) is 1.30. The Hall–Kier alpha value is -0.780. The minimum Gasteiger partial charge on any atom is -0.413 e. The molecule has 1 aromatic rings. The highest BCUT2D eigenvalue weighted by atomic mass is 35.7. The smallest absolute Gasteiger partial charge is 0.409 e. The summed E-state index contributed by atoms with van der Waals surface area (Å²) in [6.07, 6.45) is 0. The molecule has 1 rings (SSSR count). The van der Waals surface area contributed by atoms with Gasteiger partial charge in [0.1, 0.15) is 4.90 Å². The van der Waals surface area contributed by atoms with Gasteiger partial charge in [0.25, 0.3) is 9.05 Å². The molecule has 0 saturated heterocycles. The van der Waals surface area contributed by atoms with Crippen molar-refractivity contribution in [2.24, 2.45) is 0 Å². The van der Waals surface area contributed by atoms with E-state index in [-0.39, 0.29) is 10.6 Å². The van der Waals surface area contributed by atoms with Crippen molar-refractivity contribution in [1.29, 1.82) is 0 Å². The zero-order valence-electron chi connectivity index (χ0n) is 6.61. The van der Waals surface area contributed by atoms with Crippen molar-refractivity contribution in [3.8, 4) is 5.75 Å². The fraction of sp³-hybridized carbons (Fsp3) is 0. The number of hydrogen-bond donors (Lipinski definition) is 0. The summed E-state index contributed by atoms with van der Waals surface area (Å²) in [4.78, 5) is 10.1. The number of carbonyl (C=O) groups is 1. The average molecular weight is 255 g/mol. The van der Waals surface area contributed by atoms with E-state index in [9.17, 15) is 13.2 Å². The summed E-state index contributed by atoms with van der Waals surface area (Å²) >= 11 is 4.94. The molecule has 0 N–H and O–H groups in total. The first-order chi connectivity index (χ1) is 6.41. The van der Waals surface area contributed by atoms with Gasteiger partial charge in [0.15, 0.2) is 5.75 Å². The van der Waals surface area contributed by atoms with Crippen molar-refractivity contribution in [2.45, 2.75) is 4.90 Å². The molecule has 0 fully saturated rings. The minimum absolute atomic E-state index is 0.192. The van der Waals surface area contributed by atoms with Gasteiger partial charge < -0.3 is 4.74 Å². The predicted molar refractivity (Wildman–Crippen MR) is 51.4 cm³/mol. The molecule has 0 aliphatic rings. The molecule has 0 heterocycles. The Morgan fingerprint density at radius 2 is 1.86 bits per heavy atom. The Morgan fingerprint density at radius 3 is 2.36 bits per heavy atom. The van der Waals surface area contributed by atoms with Gasteiger partial charge in [-0.3, -0.25) is 0 Å². The number of ether oxygens (including phenoxy) is 1. The number of hydrogen-bond acceptors (Lipinski definition) is 4. The Morgan fingerprint density at radius 1 is 1.29 bits per heavy atom. The number of carbonyl (C=O) groups excluding carboxylic acids is 1. The van der Waals surface area contributed by atoms with Crippen LogP contribution in [0.5, 0.6) is 5.75 Å². The molecular formula is C7H4Cl2O4S. The lowest BCUT2D eigenvalue weighted by Gasteiger charge is -2.03. The van der Waals surface area contributed by atoms with Crippen LogP contribution in [0.2, 0.25) is 0 Å². The average Bonchev–Trinajstić information content (AvgIpc) is 2.01. The van der Waals surface area contributed by atoms with E-state index in [1.165, 1.54) is 24.3 Å². The molecule has 0 aliphatic carbocycles. The van der Waals surface area contributed by atoms with E-state index >= 15 is 0 Å². The highest BCUT2D eigenvalue weighted by Gasteiger charge is 2.17. The lowest BCUT2D eigenvalue weighted by atomic mass is 10.3. The van der Waals surface area contributed by atoms with E-state index in [2.05, 4.69) is 4.74 Å². The summed E-state index contributed by atoms with van der Waals surface area (Å²) < 4.78 is 26.4. The topological polar surface area (TPSA) is 60.4 Å². The number of benzene rings is 1. The first-order valence-corrected chi connectivity index (χ1v) is 6.01. The van der Waals surface area contributed by atoms with Crippen LogP contribution in [0.4, 0.5) is 4.79 Å². The molecule has 0 radical (unpaired) electrons. The van der Waals surface area contributed by atoms with E-state index < -0.39 is 14.5 Å². The summed E-state index contributed by atoms with van der Waals surface area (Å²) in [7, 11) is 1.14. The van der Waals surface area contributed by atoms with Crippen LogP contribution >= 0.6 is 22.3 Å². The second-order valence-corrected chi connectivity index (χ2v) is 5.07. The largest absolute Gasteiger partial charge is 0.413 e. The molecule has 4 nitrogen and oxygen atoms in total. The molecule has 14 heavy (non-hydrogen) atoms. The first-order valence-electron chi connectivity index (χ1n) is 3.32. The first kappa shape index (κ1) is 11.3. The monoisotopic (exact) mass is 254 g/mol. The van der Waals surface area contributed by atoms with Gasteiger partial charge in [-0.15, -0.1) is 0 Å². The summed E-state index contributed by atoms with van der Waals surface area (Å²) in [6, 6.07) is 5.41. The van der Waals surface area contributed by atoms with Crippen LogP contribution in [0.15, 0.2) is 29.2 Å². The van der Waals surface area contributed by atoms with Crippen molar-refractivity contribution >= 4 is 36.8 Å². The van der Waals surface area contributed by atoms with E-state index in [1.807, 2.05) is 0 Å². The van der Waals surface area contributed by atoms with E-state index in [1.54, 1.807) is 0 Å². The van der Waals surface area contributed by atoms with Crippen LogP contribution < -0.4 is 4.74 Å². The molecule has 0 amide bonds. The lowest BCUT2D eigenvalue weighted by molar-refractivity contribution is 0.224. The van der Waals surface area contributed by atoms with Crippen molar-refractivity contribution < 1.29 is 17.9 Å². The standard InChI is InChI=1S/C7H4Cl2O4S/c8-7(10)13-5-3-1-2-4-6(5)14(9,11)12/h1-4H. The Kier molecular flexibility index (Phi) is 3.36. The molecule has 0 unspecified atom stereocenters. The highest BCUT2D eigenvalue weighted by Crippen LogP contribution is 2.26. The van der Waals surface area contributed by atoms with E-state index in [0.29, 0.717) is 0 Å². The van der Waals surface area contributed by atoms with E-state index in [0.717, 1.165) is 0 Å². The van der Waals surface area contributed by atoms with Crippen molar-refractivity contribution in [3.63, 3.8) is 0 Å². The maximum absolute atomic E-state index is 11.0. The molecular weight excluding hydrogens is 251 g/mol. The number of rotatable bonds is 2. The van der Waals surface area contributed by atoms with Crippen LogP contribution in [-0.4, -0.2) is 13.8 Å². The third kappa shape index (κ3) is 2.87. The fourth-order valence-corrected chi connectivity index (χ4v) is 1.88. The molecule has 0 bridgehead atoms. The Labute approximate surface area is 89.8 Å². The quantitative estimate of drug-likeness (QED) is 0.761. The SMILES string of the molecule is O=C(Cl)Oc1ccccc1S(=O)(=O)Cl. The van der Waals surface area contributed by atoms with Crippen LogP contribution in [0.3, 0.4) is 0 Å². The number of halogens is 2. The van der Waals surface area contributed by atoms with Gasteiger partial charge in [0.05, 0.1) is 0 Å². The van der Waals surface area contributed by atoms with E-state index in [4.69, 9.17) is 22.3 Å². The second kappa shape index (κ2) is 4.16. The molecule has 0 aromatic heterocycles. The van der Waals surface area contributed by atoms with Crippen LogP contribution in [0, 0.1) is 0 Å². The van der Waals surface area contributed by atoms with Gasteiger partial charge in [-0.1, -0.05) is 12.1 Å². The summed E-state index contributed by atoms with van der Waals surface area (Å²) in [6.45, 7) is 0. The zero-order chi connectivity index (χ0) is 10.8. The van der Waals surface area contributed by atoms with Gasteiger partial charge in [0.2, 0.25) is 0 Å². The molecule has 0 aliphatic heterocycles. The highest BCUT2D eigenvalue weighted by molar-refractivity contribution is 8.13. The number of para-hydroxylation sites is 1. The molecule has 7 heteroatoms. The normalized spacial score (nSPS) is 11.0. The zero-order valence-corrected chi connectivity index (χ0v) is 8.93. The molecule has 0 spiro atoms. The molecule has 76 valence electrons. The fourth-order valence-electron chi connectivity index (χ4n) is 0.822. The maximum Gasteiger partial charge on any atom is 0.409 e. The third-order valence-corrected chi connectivity index (χ3v) is 2.74. The van der Waals surface area contributed by atoms with Gasteiger partial charge in [0, 0.05) is 22.3 Å². The van der Waals surface area contributed by atoms with Gasteiger partial charge >= 0.3 is 5.43 Å². The lowest BCUT2D eigenvalue weighted by Crippen LogP contribution is -2.01. The van der Waals surface area contributed by atoms with Crippen LogP contribution in [0.25, 0.3) is 0 Å². The predicted octanol–water partition coefficient (Wildman–Crippen LogP) is 2.35. The van der Waals surface area contributed by atoms with Crippen molar-refractivity contribution in [3.05, 3.63) is 24.3 Å². The Balaban J connectivity index is 3.23. The summed E-state index contributed by atoms with van der Waals surface area (Å²) in [5.74, 6) is -0.192. The van der Waals surface area contributed by atoms with Crippen LogP contribution in [-0.2, 0) is 9.05 Å². The maximum atomic E-state index is 11.0.